The Hall–Kier alpha value is -3.10. The topological polar surface area (TPSA) is 75.7 Å². The molecule has 1 N–H and O–H groups in total. The summed E-state index contributed by atoms with van der Waals surface area (Å²) >= 11 is 7.03. The molecule has 0 bridgehead atoms. The van der Waals surface area contributed by atoms with Crippen molar-refractivity contribution in [1.29, 1.82) is 0 Å². The SMILES string of the molecule is C=CCN1C(=O)S/C(=C\c2ccc(OCC(=O)Nc3ccccc3F)c(Cl)c2)C1=O. The molecular weight excluding hydrogens is 431 g/mol. The van der Waals surface area contributed by atoms with Crippen LogP contribution in [0.5, 0.6) is 5.75 Å². The van der Waals surface area contributed by atoms with Crippen LogP contribution in [0.15, 0.2) is 60.0 Å². The molecule has 2 aromatic rings. The lowest BCUT2D eigenvalue weighted by molar-refractivity contribution is -0.122. The minimum absolute atomic E-state index is 0.0537. The van der Waals surface area contributed by atoms with Gasteiger partial charge in [0.2, 0.25) is 0 Å². The fourth-order valence-corrected chi connectivity index (χ4v) is 3.65. The summed E-state index contributed by atoms with van der Waals surface area (Å²) in [5.74, 6) is -1.25. The maximum atomic E-state index is 13.6. The fourth-order valence-electron chi connectivity index (χ4n) is 2.55. The van der Waals surface area contributed by atoms with Gasteiger partial charge in [0.25, 0.3) is 17.1 Å². The van der Waals surface area contributed by atoms with Crippen LogP contribution < -0.4 is 10.1 Å². The van der Waals surface area contributed by atoms with Crippen LogP contribution in [0.4, 0.5) is 14.9 Å². The van der Waals surface area contributed by atoms with E-state index in [0.717, 1.165) is 16.7 Å². The van der Waals surface area contributed by atoms with E-state index in [1.807, 2.05) is 0 Å². The lowest BCUT2D eigenvalue weighted by Gasteiger charge is -2.10. The average Bonchev–Trinajstić information content (AvgIpc) is 2.97. The van der Waals surface area contributed by atoms with Gasteiger partial charge < -0.3 is 10.1 Å². The molecule has 30 heavy (non-hydrogen) atoms. The van der Waals surface area contributed by atoms with Gasteiger partial charge in [-0.15, -0.1) is 6.58 Å². The lowest BCUT2D eigenvalue weighted by atomic mass is 10.2. The first kappa shape index (κ1) is 21.6. The number of carbonyl (C=O) groups is 3. The second-order valence-electron chi connectivity index (χ2n) is 6.09. The number of carbonyl (C=O) groups excluding carboxylic acids is 3. The van der Waals surface area contributed by atoms with Crippen molar-refractivity contribution in [3.63, 3.8) is 0 Å². The van der Waals surface area contributed by atoms with Crippen molar-refractivity contribution < 1.29 is 23.5 Å². The molecular formula is C21H16ClFN2O4S. The highest BCUT2D eigenvalue weighted by atomic mass is 35.5. The van der Waals surface area contributed by atoms with Gasteiger partial charge in [0, 0.05) is 6.54 Å². The second-order valence-corrected chi connectivity index (χ2v) is 7.49. The van der Waals surface area contributed by atoms with E-state index in [-0.39, 0.29) is 39.8 Å². The number of thioether (sulfide) groups is 1. The maximum Gasteiger partial charge on any atom is 0.293 e. The lowest BCUT2D eigenvalue weighted by Crippen LogP contribution is -2.27. The predicted octanol–water partition coefficient (Wildman–Crippen LogP) is 4.72. The average molecular weight is 447 g/mol. The minimum Gasteiger partial charge on any atom is -0.482 e. The summed E-state index contributed by atoms with van der Waals surface area (Å²) in [7, 11) is 0. The van der Waals surface area contributed by atoms with Gasteiger partial charge in [0.1, 0.15) is 11.6 Å². The Balaban J connectivity index is 1.64. The normalized spacial score (nSPS) is 14.9. The quantitative estimate of drug-likeness (QED) is 0.492. The molecule has 0 saturated carbocycles. The number of benzene rings is 2. The minimum atomic E-state index is -0.550. The zero-order valence-corrected chi connectivity index (χ0v) is 17.1. The van der Waals surface area contributed by atoms with Crippen LogP contribution in [0.1, 0.15) is 5.56 Å². The first-order valence-electron chi connectivity index (χ1n) is 8.72. The van der Waals surface area contributed by atoms with Crippen molar-refractivity contribution in [2.45, 2.75) is 0 Å². The van der Waals surface area contributed by atoms with E-state index in [2.05, 4.69) is 11.9 Å². The van der Waals surface area contributed by atoms with Gasteiger partial charge in [-0.2, -0.15) is 0 Å². The molecule has 2 aromatic carbocycles. The largest absolute Gasteiger partial charge is 0.482 e. The monoisotopic (exact) mass is 446 g/mol. The van der Waals surface area contributed by atoms with Gasteiger partial charge in [0.15, 0.2) is 6.61 Å². The van der Waals surface area contributed by atoms with Gasteiger partial charge in [-0.1, -0.05) is 35.9 Å². The van der Waals surface area contributed by atoms with Crippen molar-refractivity contribution in [3.8, 4) is 5.75 Å². The molecule has 154 valence electrons. The number of nitrogens with one attached hydrogen (secondary N) is 1. The Labute approximate surface area is 181 Å². The van der Waals surface area contributed by atoms with Crippen LogP contribution in [0, 0.1) is 5.82 Å². The Morgan fingerprint density at radius 3 is 2.73 bits per heavy atom. The Bertz CT molecular complexity index is 1060. The summed E-state index contributed by atoms with van der Waals surface area (Å²) in [5.41, 5.74) is 0.644. The smallest absolute Gasteiger partial charge is 0.293 e. The molecule has 0 radical (unpaired) electrons. The van der Waals surface area contributed by atoms with E-state index in [1.165, 1.54) is 24.3 Å². The number of anilines is 1. The third-order valence-electron chi connectivity index (χ3n) is 3.95. The number of hydrogen-bond acceptors (Lipinski definition) is 5. The molecule has 0 aliphatic carbocycles. The molecule has 1 heterocycles. The van der Waals surface area contributed by atoms with E-state index in [1.54, 1.807) is 30.3 Å². The summed E-state index contributed by atoms with van der Waals surface area (Å²) in [4.78, 5) is 37.4. The summed E-state index contributed by atoms with van der Waals surface area (Å²) < 4.78 is 19.0. The highest BCUT2D eigenvalue weighted by Crippen LogP contribution is 2.33. The van der Waals surface area contributed by atoms with Crippen LogP contribution in [0.3, 0.4) is 0 Å². The van der Waals surface area contributed by atoms with Gasteiger partial charge >= 0.3 is 0 Å². The number of imide groups is 1. The molecule has 9 heteroatoms. The van der Waals surface area contributed by atoms with E-state index in [0.29, 0.717) is 5.56 Å². The zero-order valence-electron chi connectivity index (χ0n) is 15.6. The van der Waals surface area contributed by atoms with Crippen molar-refractivity contribution in [3.05, 3.63) is 76.4 Å². The Morgan fingerprint density at radius 2 is 2.03 bits per heavy atom. The number of nitrogens with zero attached hydrogens (tertiary/aromatic N) is 1. The maximum absolute atomic E-state index is 13.6. The number of amides is 3. The van der Waals surface area contributed by atoms with Gasteiger partial charge in [-0.3, -0.25) is 19.3 Å². The molecule has 0 spiro atoms. The highest BCUT2D eigenvalue weighted by molar-refractivity contribution is 8.18. The van der Waals surface area contributed by atoms with Crippen LogP contribution in [-0.4, -0.2) is 35.1 Å². The number of rotatable bonds is 7. The van der Waals surface area contributed by atoms with Gasteiger partial charge in [-0.25, -0.2) is 4.39 Å². The van der Waals surface area contributed by atoms with Crippen molar-refractivity contribution >= 4 is 52.2 Å². The van der Waals surface area contributed by atoms with Crippen LogP contribution in [-0.2, 0) is 9.59 Å². The molecule has 0 aromatic heterocycles. The van der Waals surface area contributed by atoms with Crippen molar-refractivity contribution in [1.82, 2.24) is 4.90 Å². The molecule has 1 saturated heterocycles. The van der Waals surface area contributed by atoms with Crippen molar-refractivity contribution in [2.75, 3.05) is 18.5 Å². The molecule has 1 fully saturated rings. The molecule has 0 atom stereocenters. The molecule has 1 aliphatic rings. The van der Waals surface area contributed by atoms with Crippen LogP contribution in [0.25, 0.3) is 6.08 Å². The summed E-state index contributed by atoms with van der Waals surface area (Å²) in [6.45, 7) is 3.30. The number of hydrogen-bond donors (Lipinski definition) is 1. The Morgan fingerprint density at radius 1 is 1.27 bits per heavy atom. The van der Waals surface area contributed by atoms with E-state index < -0.39 is 17.6 Å². The number of para-hydroxylation sites is 1. The van der Waals surface area contributed by atoms with E-state index >= 15 is 0 Å². The summed E-state index contributed by atoms with van der Waals surface area (Å²) in [6.07, 6.45) is 3.03. The summed E-state index contributed by atoms with van der Waals surface area (Å²) in [6, 6.07) is 10.5. The van der Waals surface area contributed by atoms with E-state index in [4.69, 9.17) is 16.3 Å². The van der Waals surface area contributed by atoms with Crippen molar-refractivity contribution in [2.24, 2.45) is 0 Å². The van der Waals surface area contributed by atoms with Crippen LogP contribution >= 0.6 is 23.4 Å². The fraction of sp³-hybridized carbons (Fsp3) is 0.0952. The molecule has 3 amide bonds. The molecule has 0 unspecified atom stereocenters. The molecule has 1 aliphatic heterocycles. The number of ether oxygens (including phenoxy) is 1. The first-order chi connectivity index (χ1) is 14.4. The zero-order chi connectivity index (χ0) is 21.7. The van der Waals surface area contributed by atoms with E-state index in [9.17, 15) is 18.8 Å². The first-order valence-corrected chi connectivity index (χ1v) is 9.91. The van der Waals surface area contributed by atoms with Gasteiger partial charge in [-0.05, 0) is 47.7 Å². The predicted molar refractivity (Wildman–Crippen MR) is 115 cm³/mol. The van der Waals surface area contributed by atoms with Crippen LogP contribution in [0.2, 0.25) is 5.02 Å². The van der Waals surface area contributed by atoms with Gasteiger partial charge in [0.05, 0.1) is 15.6 Å². The molecule has 6 nitrogen and oxygen atoms in total. The Kier molecular flexibility index (Phi) is 6.91. The standard InChI is InChI=1S/C21H16ClFN2O4S/c1-2-9-25-20(27)18(30-21(25)28)11-13-7-8-17(14(22)10-13)29-12-19(26)24-16-6-4-3-5-15(16)23/h2-8,10-11H,1,9,12H2,(H,24,26)/b18-11-. The third-order valence-corrected chi connectivity index (χ3v) is 5.15. The highest BCUT2D eigenvalue weighted by Gasteiger charge is 2.34. The third kappa shape index (κ3) is 5.08. The molecule has 3 rings (SSSR count). The summed E-state index contributed by atoms with van der Waals surface area (Å²) in [5, 5.41) is 2.26. The number of halogens is 2. The second kappa shape index (κ2) is 9.60.